The van der Waals surface area contributed by atoms with E-state index < -0.39 is 15.9 Å². The van der Waals surface area contributed by atoms with Crippen LogP contribution < -0.4 is 15.6 Å². The summed E-state index contributed by atoms with van der Waals surface area (Å²) >= 11 is 3.26. The minimum absolute atomic E-state index is 0.109. The van der Waals surface area contributed by atoms with Crippen LogP contribution in [0.4, 0.5) is 5.82 Å². The molecule has 0 spiro atoms. The van der Waals surface area contributed by atoms with Crippen LogP contribution in [0.15, 0.2) is 47.1 Å². The lowest BCUT2D eigenvalue weighted by molar-refractivity contribution is 0.0953. The summed E-state index contributed by atoms with van der Waals surface area (Å²) in [6.45, 7) is 0.109. The third-order valence-corrected chi connectivity index (χ3v) is 4.63. The van der Waals surface area contributed by atoms with Gasteiger partial charge in [0.05, 0.1) is 12.8 Å². The third kappa shape index (κ3) is 4.50. The zero-order chi connectivity index (χ0) is 17.0. The molecule has 0 aliphatic rings. The van der Waals surface area contributed by atoms with Crippen LogP contribution in [0, 0.1) is 0 Å². The van der Waals surface area contributed by atoms with E-state index in [0.29, 0.717) is 16.9 Å². The Bertz CT molecular complexity index is 792. The summed E-state index contributed by atoms with van der Waals surface area (Å²) in [6, 6.07) is 9.82. The second kappa shape index (κ2) is 7.07. The molecule has 9 heteroatoms. The maximum absolute atomic E-state index is 12.0. The van der Waals surface area contributed by atoms with E-state index in [9.17, 15) is 13.2 Å². The van der Waals surface area contributed by atoms with E-state index in [1.54, 1.807) is 36.4 Å². The molecule has 2 aromatic rings. The number of rotatable bonds is 5. The van der Waals surface area contributed by atoms with Gasteiger partial charge in [-0.1, -0.05) is 12.1 Å². The Morgan fingerprint density at radius 1 is 1.26 bits per heavy atom. The second-order valence-electron chi connectivity index (χ2n) is 4.77. The normalized spacial score (nSPS) is 11.1. The van der Waals surface area contributed by atoms with E-state index in [2.05, 4.69) is 20.9 Å². The molecule has 7 nitrogen and oxygen atoms in total. The van der Waals surface area contributed by atoms with E-state index >= 15 is 0 Å². The molecule has 0 aliphatic heterocycles. The first-order valence-corrected chi connectivity index (χ1v) is 9.14. The number of benzene rings is 1. The van der Waals surface area contributed by atoms with Crippen molar-refractivity contribution in [3.05, 3.63) is 58.2 Å². The highest BCUT2D eigenvalue weighted by Crippen LogP contribution is 2.20. The number of carbonyl (C=O) groups is 1. The second-order valence-corrected chi connectivity index (χ2v) is 7.60. The molecule has 0 fully saturated rings. The van der Waals surface area contributed by atoms with Crippen molar-refractivity contribution in [3.8, 4) is 0 Å². The molecule has 0 aliphatic carbocycles. The van der Waals surface area contributed by atoms with Crippen LogP contribution in [0.25, 0.3) is 0 Å². The number of nitrogens with zero attached hydrogens (tertiary/aromatic N) is 2. The SMILES string of the molecule is CS(=O)(=O)N(Cc1ccc(C(=O)NN)cc1)c1ccc(Br)cn1. The fourth-order valence-electron chi connectivity index (χ4n) is 1.89. The van der Waals surface area contributed by atoms with Crippen molar-refractivity contribution in [2.24, 2.45) is 5.84 Å². The summed E-state index contributed by atoms with van der Waals surface area (Å²) in [5.74, 6) is 4.98. The molecule has 1 amide bonds. The lowest BCUT2D eigenvalue weighted by Crippen LogP contribution is -2.31. The van der Waals surface area contributed by atoms with E-state index in [4.69, 9.17) is 5.84 Å². The minimum Gasteiger partial charge on any atom is -0.290 e. The van der Waals surface area contributed by atoms with Gasteiger partial charge in [0.2, 0.25) is 10.0 Å². The van der Waals surface area contributed by atoms with Crippen LogP contribution in [-0.2, 0) is 16.6 Å². The number of carbonyl (C=O) groups excluding carboxylic acids is 1. The Kier molecular flexibility index (Phi) is 5.34. The van der Waals surface area contributed by atoms with Gasteiger partial charge in [-0.2, -0.15) is 0 Å². The molecule has 1 aromatic carbocycles. The number of aromatic nitrogens is 1. The number of nitrogens with one attached hydrogen (secondary N) is 1. The van der Waals surface area contributed by atoms with Crippen molar-refractivity contribution in [3.63, 3.8) is 0 Å². The van der Waals surface area contributed by atoms with Gasteiger partial charge >= 0.3 is 0 Å². The van der Waals surface area contributed by atoms with Gasteiger partial charge in [0.1, 0.15) is 5.82 Å². The zero-order valence-electron chi connectivity index (χ0n) is 12.2. The van der Waals surface area contributed by atoms with Gasteiger partial charge in [0.25, 0.3) is 5.91 Å². The summed E-state index contributed by atoms with van der Waals surface area (Å²) < 4.78 is 26.0. The van der Waals surface area contributed by atoms with Crippen molar-refractivity contribution in [1.82, 2.24) is 10.4 Å². The quantitative estimate of drug-likeness (QED) is 0.449. The molecule has 23 heavy (non-hydrogen) atoms. The predicted molar refractivity (Wildman–Crippen MR) is 91.1 cm³/mol. The molecule has 0 bridgehead atoms. The van der Waals surface area contributed by atoms with Crippen molar-refractivity contribution >= 4 is 37.7 Å². The molecule has 1 heterocycles. The number of hydrogen-bond donors (Lipinski definition) is 2. The highest BCUT2D eigenvalue weighted by Gasteiger charge is 2.19. The molecular formula is C14H15BrN4O3S. The van der Waals surface area contributed by atoms with Crippen molar-refractivity contribution in [1.29, 1.82) is 0 Å². The number of pyridine rings is 1. The Labute approximate surface area is 142 Å². The monoisotopic (exact) mass is 398 g/mol. The smallest absolute Gasteiger partial charge is 0.265 e. The topological polar surface area (TPSA) is 105 Å². The highest BCUT2D eigenvalue weighted by molar-refractivity contribution is 9.10. The van der Waals surface area contributed by atoms with Gasteiger partial charge < -0.3 is 0 Å². The molecule has 0 saturated carbocycles. The van der Waals surface area contributed by atoms with E-state index in [1.165, 1.54) is 10.5 Å². The number of hydrogen-bond acceptors (Lipinski definition) is 5. The van der Waals surface area contributed by atoms with Gasteiger partial charge in [0.15, 0.2) is 0 Å². The molecule has 122 valence electrons. The summed E-state index contributed by atoms with van der Waals surface area (Å²) in [6.07, 6.45) is 2.65. The molecule has 0 atom stereocenters. The maximum Gasteiger partial charge on any atom is 0.265 e. The highest BCUT2D eigenvalue weighted by atomic mass is 79.9. The Morgan fingerprint density at radius 2 is 1.91 bits per heavy atom. The summed E-state index contributed by atoms with van der Waals surface area (Å²) in [4.78, 5) is 15.5. The number of nitrogens with two attached hydrogens (primary N) is 1. The molecule has 0 saturated heterocycles. The largest absolute Gasteiger partial charge is 0.290 e. The van der Waals surface area contributed by atoms with Crippen LogP contribution in [0.3, 0.4) is 0 Å². The predicted octanol–water partition coefficient (Wildman–Crippen LogP) is 1.41. The van der Waals surface area contributed by atoms with Crippen LogP contribution in [0.2, 0.25) is 0 Å². The minimum atomic E-state index is -3.50. The number of halogens is 1. The fourth-order valence-corrected chi connectivity index (χ4v) is 2.96. The average molecular weight is 399 g/mol. The van der Waals surface area contributed by atoms with Crippen LogP contribution in [0.1, 0.15) is 15.9 Å². The molecule has 1 aromatic heterocycles. The van der Waals surface area contributed by atoms with Crippen LogP contribution in [0.5, 0.6) is 0 Å². The van der Waals surface area contributed by atoms with E-state index in [0.717, 1.165) is 10.7 Å². The molecule has 0 unspecified atom stereocenters. The Hall–Kier alpha value is -1.97. The van der Waals surface area contributed by atoms with Gasteiger partial charge in [-0.05, 0) is 45.8 Å². The average Bonchev–Trinajstić information content (AvgIpc) is 2.52. The maximum atomic E-state index is 12.0. The van der Waals surface area contributed by atoms with E-state index in [1.807, 2.05) is 5.43 Å². The number of hydrazine groups is 1. The molecule has 3 N–H and O–H groups in total. The van der Waals surface area contributed by atoms with Gasteiger partial charge in [-0.15, -0.1) is 0 Å². The number of sulfonamides is 1. The Balaban J connectivity index is 2.28. The number of anilines is 1. The molecule has 0 radical (unpaired) electrons. The van der Waals surface area contributed by atoms with Gasteiger partial charge in [-0.3, -0.25) is 10.2 Å². The first-order valence-electron chi connectivity index (χ1n) is 6.50. The third-order valence-electron chi connectivity index (χ3n) is 3.04. The standard InChI is InChI=1S/C14H15BrN4O3S/c1-23(21,22)19(13-7-6-12(15)8-17-13)9-10-2-4-11(5-3-10)14(20)18-16/h2-8H,9,16H2,1H3,(H,18,20). The summed E-state index contributed by atoms with van der Waals surface area (Å²) in [5, 5.41) is 0. The number of amides is 1. The Morgan fingerprint density at radius 3 is 2.39 bits per heavy atom. The van der Waals surface area contributed by atoms with Crippen LogP contribution >= 0.6 is 15.9 Å². The first kappa shape index (κ1) is 17.4. The summed E-state index contributed by atoms with van der Waals surface area (Å²) in [5.41, 5.74) is 3.15. The zero-order valence-corrected chi connectivity index (χ0v) is 14.6. The van der Waals surface area contributed by atoms with Crippen molar-refractivity contribution < 1.29 is 13.2 Å². The fraction of sp³-hybridized carbons (Fsp3) is 0.143. The van der Waals surface area contributed by atoms with Gasteiger partial charge in [0, 0.05) is 16.2 Å². The summed E-state index contributed by atoms with van der Waals surface area (Å²) in [7, 11) is -3.50. The first-order chi connectivity index (χ1) is 10.8. The van der Waals surface area contributed by atoms with E-state index in [-0.39, 0.29) is 6.54 Å². The molecule has 2 rings (SSSR count). The van der Waals surface area contributed by atoms with Crippen LogP contribution in [-0.4, -0.2) is 25.6 Å². The lowest BCUT2D eigenvalue weighted by Gasteiger charge is -2.21. The van der Waals surface area contributed by atoms with Crippen molar-refractivity contribution in [2.45, 2.75) is 6.54 Å². The van der Waals surface area contributed by atoms with Gasteiger partial charge in [-0.25, -0.2) is 23.5 Å². The lowest BCUT2D eigenvalue weighted by atomic mass is 10.1. The van der Waals surface area contributed by atoms with Crippen molar-refractivity contribution in [2.75, 3.05) is 10.6 Å². The number of nitrogen functional groups attached to an aromatic ring is 1. The molecular weight excluding hydrogens is 384 g/mol.